The van der Waals surface area contributed by atoms with Crippen LogP contribution in [0, 0.1) is 0 Å². The maximum absolute atomic E-state index is 11.4. The van der Waals surface area contributed by atoms with Gasteiger partial charge in [-0.05, 0) is 19.1 Å². The topological polar surface area (TPSA) is 59.6 Å². The summed E-state index contributed by atoms with van der Waals surface area (Å²) in [5, 5.41) is 5.65. The Labute approximate surface area is 101 Å². The van der Waals surface area contributed by atoms with E-state index in [1.165, 1.54) is 0 Å². The largest absolute Gasteiger partial charge is 0.497 e. The van der Waals surface area contributed by atoms with Crippen molar-refractivity contribution in [1.29, 1.82) is 0 Å². The van der Waals surface area contributed by atoms with Crippen LogP contribution in [0.25, 0.3) is 0 Å². The zero-order valence-corrected chi connectivity index (χ0v) is 10.5. The van der Waals surface area contributed by atoms with Crippen LogP contribution in [0.5, 0.6) is 11.5 Å². The highest BCUT2D eigenvalue weighted by molar-refractivity contribution is 5.84. The van der Waals surface area contributed by atoms with Crippen molar-refractivity contribution in [2.45, 2.75) is 13.0 Å². The molecule has 1 aromatic carbocycles. The Balaban J connectivity index is 2.91. The predicted octanol–water partition coefficient (Wildman–Crippen LogP) is 1.25. The van der Waals surface area contributed by atoms with Gasteiger partial charge in [-0.3, -0.25) is 4.79 Å². The molecule has 0 heterocycles. The molecule has 0 bridgehead atoms. The summed E-state index contributed by atoms with van der Waals surface area (Å²) < 4.78 is 10.3. The number of carbonyl (C=O) groups is 1. The van der Waals surface area contributed by atoms with Gasteiger partial charge in [0.2, 0.25) is 5.91 Å². The molecule has 0 aliphatic heterocycles. The summed E-state index contributed by atoms with van der Waals surface area (Å²) in [5.74, 6) is 1.29. The number of carbonyl (C=O) groups excluding carboxylic acids is 1. The second-order valence-electron chi connectivity index (χ2n) is 3.55. The molecular weight excluding hydrogens is 220 g/mol. The van der Waals surface area contributed by atoms with Gasteiger partial charge in [-0.15, -0.1) is 0 Å². The average Bonchev–Trinajstić information content (AvgIpc) is 2.37. The number of rotatable bonds is 5. The lowest BCUT2D eigenvalue weighted by Gasteiger charge is -2.17. The second kappa shape index (κ2) is 5.98. The number of anilines is 1. The number of amides is 1. The highest BCUT2D eigenvalue weighted by Gasteiger charge is 2.13. The van der Waals surface area contributed by atoms with E-state index >= 15 is 0 Å². The third-order valence-corrected chi connectivity index (χ3v) is 2.42. The maximum atomic E-state index is 11.4. The van der Waals surface area contributed by atoms with Gasteiger partial charge < -0.3 is 20.1 Å². The van der Waals surface area contributed by atoms with Gasteiger partial charge in [0.25, 0.3) is 0 Å². The number of nitrogens with one attached hydrogen (secondary N) is 2. The molecule has 0 aliphatic carbocycles. The monoisotopic (exact) mass is 238 g/mol. The molecule has 1 unspecified atom stereocenters. The van der Waals surface area contributed by atoms with Crippen molar-refractivity contribution in [3.05, 3.63) is 18.2 Å². The lowest BCUT2D eigenvalue weighted by molar-refractivity contribution is -0.121. The summed E-state index contributed by atoms with van der Waals surface area (Å²) in [6, 6.07) is 5.03. The fourth-order valence-corrected chi connectivity index (χ4v) is 1.44. The SMILES string of the molecule is CNC(=O)C(C)Nc1cc(OC)ccc1OC. The molecule has 0 aliphatic rings. The Morgan fingerprint density at radius 1 is 1.29 bits per heavy atom. The third-order valence-electron chi connectivity index (χ3n) is 2.42. The third kappa shape index (κ3) is 3.27. The molecule has 0 saturated carbocycles. The number of ether oxygens (including phenoxy) is 2. The van der Waals surface area contributed by atoms with Crippen LogP contribution in [0.4, 0.5) is 5.69 Å². The average molecular weight is 238 g/mol. The van der Waals surface area contributed by atoms with E-state index in [2.05, 4.69) is 10.6 Å². The van der Waals surface area contributed by atoms with Crippen LogP contribution >= 0.6 is 0 Å². The van der Waals surface area contributed by atoms with Gasteiger partial charge in [-0.25, -0.2) is 0 Å². The van der Waals surface area contributed by atoms with Gasteiger partial charge in [0.1, 0.15) is 17.5 Å². The van der Waals surface area contributed by atoms with Gasteiger partial charge in [0.05, 0.1) is 19.9 Å². The number of likely N-dealkylation sites (N-methyl/N-ethyl adjacent to an activating group) is 1. The number of hydrogen-bond acceptors (Lipinski definition) is 4. The van der Waals surface area contributed by atoms with Gasteiger partial charge in [0.15, 0.2) is 0 Å². The van der Waals surface area contributed by atoms with Crippen molar-refractivity contribution in [2.75, 3.05) is 26.6 Å². The zero-order valence-electron chi connectivity index (χ0n) is 10.5. The van der Waals surface area contributed by atoms with Crippen molar-refractivity contribution in [1.82, 2.24) is 5.32 Å². The zero-order chi connectivity index (χ0) is 12.8. The molecule has 94 valence electrons. The summed E-state index contributed by atoms with van der Waals surface area (Å²) in [7, 11) is 4.77. The summed E-state index contributed by atoms with van der Waals surface area (Å²) >= 11 is 0. The lowest BCUT2D eigenvalue weighted by Crippen LogP contribution is -2.35. The smallest absolute Gasteiger partial charge is 0.241 e. The summed E-state index contributed by atoms with van der Waals surface area (Å²) in [5.41, 5.74) is 0.725. The predicted molar refractivity (Wildman–Crippen MR) is 66.7 cm³/mol. The molecule has 0 aromatic heterocycles. The molecule has 1 aromatic rings. The van der Waals surface area contributed by atoms with E-state index in [-0.39, 0.29) is 11.9 Å². The minimum atomic E-state index is -0.346. The molecule has 5 heteroatoms. The van der Waals surface area contributed by atoms with Gasteiger partial charge in [-0.1, -0.05) is 0 Å². The van der Waals surface area contributed by atoms with E-state index in [4.69, 9.17) is 9.47 Å². The standard InChI is InChI=1S/C12H18N2O3/c1-8(12(15)13-2)14-10-7-9(16-3)5-6-11(10)17-4/h5-8,14H,1-4H3,(H,13,15). The van der Waals surface area contributed by atoms with E-state index in [1.54, 1.807) is 46.4 Å². The van der Waals surface area contributed by atoms with Gasteiger partial charge in [0, 0.05) is 13.1 Å². The molecule has 0 saturated heterocycles. The van der Waals surface area contributed by atoms with Crippen molar-refractivity contribution >= 4 is 11.6 Å². The summed E-state index contributed by atoms with van der Waals surface area (Å²) in [6.45, 7) is 1.78. The fraction of sp³-hybridized carbons (Fsp3) is 0.417. The quantitative estimate of drug-likeness (QED) is 0.810. The van der Waals surface area contributed by atoms with Crippen LogP contribution < -0.4 is 20.1 Å². The molecular formula is C12H18N2O3. The highest BCUT2D eigenvalue weighted by Crippen LogP contribution is 2.29. The number of methoxy groups -OCH3 is 2. The van der Waals surface area contributed by atoms with E-state index in [0.717, 1.165) is 5.69 Å². The van der Waals surface area contributed by atoms with Crippen molar-refractivity contribution in [3.8, 4) is 11.5 Å². The normalized spacial score (nSPS) is 11.5. The van der Waals surface area contributed by atoms with E-state index in [9.17, 15) is 4.79 Å². The first-order valence-electron chi connectivity index (χ1n) is 5.32. The van der Waals surface area contributed by atoms with E-state index in [1.807, 2.05) is 0 Å². The minimum absolute atomic E-state index is 0.0881. The van der Waals surface area contributed by atoms with Gasteiger partial charge in [-0.2, -0.15) is 0 Å². The van der Waals surface area contributed by atoms with E-state index in [0.29, 0.717) is 11.5 Å². The van der Waals surface area contributed by atoms with Crippen LogP contribution in [-0.2, 0) is 4.79 Å². The van der Waals surface area contributed by atoms with Crippen LogP contribution in [0.15, 0.2) is 18.2 Å². The van der Waals surface area contributed by atoms with Crippen LogP contribution in [0.2, 0.25) is 0 Å². The van der Waals surface area contributed by atoms with Crippen molar-refractivity contribution in [3.63, 3.8) is 0 Å². The maximum Gasteiger partial charge on any atom is 0.241 e. The molecule has 0 spiro atoms. The molecule has 1 rings (SSSR count). The van der Waals surface area contributed by atoms with Crippen molar-refractivity contribution in [2.24, 2.45) is 0 Å². The molecule has 17 heavy (non-hydrogen) atoms. The molecule has 2 N–H and O–H groups in total. The molecule has 1 atom stereocenters. The highest BCUT2D eigenvalue weighted by atomic mass is 16.5. The summed E-state index contributed by atoms with van der Waals surface area (Å²) in [4.78, 5) is 11.4. The Morgan fingerprint density at radius 2 is 2.00 bits per heavy atom. The Hall–Kier alpha value is -1.91. The van der Waals surface area contributed by atoms with Gasteiger partial charge >= 0.3 is 0 Å². The first-order valence-corrected chi connectivity index (χ1v) is 5.32. The van der Waals surface area contributed by atoms with E-state index < -0.39 is 0 Å². The first-order chi connectivity index (χ1) is 8.12. The molecule has 0 radical (unpaired) electrons. The number of hydrogen-bond donors (Lipinski definition) is 2. The first kappa shape index (κ1) is 13.2. The number of benzene rings is 1. The second-order valence-corrected chi connectivity index (χ2v) is 3.55. The van der Waals surface area contributed by atoms with Crippen LogP contribution in [0.1, 0.15) is 6.92 Å². The van der Waals surface area contributed by atoms with Crippen LogP contribution in [-0.4, -0.2) is 33.2 Å². The fourth-order valence-electron chi connectivity index (χ4n) is 1.44. The minimum Gasteiger partial charge on any atom is -0.497 e. The Kier molecular flexibility index (Phi) is 4.63. The molecule has 5 nitrogen and oxygen atoms in total. The lowest BCUT2D eigenvalue weighted by atomic mass is 10.2. The molecule has 1 amide bonds. The van der Waals surface area contributed by atoms with Crippen LogP contribution in [0.3, 0.4) is 0 Å². The van der Waals surface area contributed by atoms with Crippen molar-refractivity contribution < 1.29 is 14.3 Å². The Morgan fingerprint density at radius 3 is 2.53 bits per heavy atom. The Bertz CT molecular complexity index is 393. The summed E-state index contributed by atoms with van der Waals surface area (Å²) in [6.07, 6.45) is 0. The molecule has 0 fully saturated rings.